The summed E-state index contributed by atoms with van der Waals surface area (Å²) in [4.78, 5) is 19.0. The smallest absolute Gasteiger partial charge is 0.255 e. The number of carbonyl (C=O) groups is 1. The van der Waals surface area contributed by atoms with E-state index in [4.69, 9.17) is 0 Å². The molecule has 0 aliphatic carbocycles. The average molecular weight is 261 g/mol. The van der Waals surface area contributed by atoms with Gasteiger partial charge in [0.2, 0.25) is 0 Å². The van der Waals surface area contributed by atoms with Crippen molar-refractivity contribution in [3.63, 3.8) is 0 Å². The number of hydrogen-bond acceptors (Lipinski definition) is 3. The molecule has 1 amide bonds. The Morgan fingerprint density at radius 2 is 2.05 bits per heavy atom. The van der Waals surface area contributed by atoms with Gasteiger partial charge in [0.15, 0.2) is 0 Å². The zero-order valence-corrected chi connectivity index (χ0v) is 11.9. The standard InChI is InChI=1S/C15H23N3O/c1-3-12(4-2)17-15(19)13-8-7-9-16-14(13)18-10-5-6-11-18/h7-9,12H,3-6,10-11H2,1-2H3,(H,17,19). The SMILES string of the molecule is CCC(CC)NC(=O)c1cccnc1N1CCCC1. The molecule has 0 unspecified atom stereocenters. The van der Waals surface area contributed by atoms with Crippen molar-refractivity contribution in [3.8, 4) is 0 Å². The van der Waals surface area contributed by atoms with Gasteiger partial charge < -0.3 is 10.2 Å². The molecule has 0 radical (unpaired) electrons. The molecule has 0 saturated carbocycles. The lowest BCUT2D eigenvalue weighted by Gasteiger charge is -2.21. The van der Waals surface area contributed by atoms with Gasteiger partial charge in [-0.15, -0.1) is 0 Å². The fourth-order valence-corrected chi connectivity index (χ4v) is 2.51. The largest absolute Gasteiger partial charge is 0.356 e. The molecular weight excluding hydrogens is 238 g/mol. The molecule has 1 aliphatic rings. The Bertz CT molecular complexity index is 423. The third-order valence-corrected chi connectivity index (χ3v) is 3.76. The number of nitrogens with zero attached hydrogens (tertiary/aromatic N) is 2. The van der Waals surface area contributed by atoms with Crippen molar-refractivity contribution in [1.82, 2.24) is 10.3 Å². The highest BCUT2D eigenvalue weighted by atomic mass is 16.1. The Hall–Kier alpha value is -1.58. The minimum atomic E-state index is 0.00343. The maximum absolute atomic E-state index is 12.4. The highest BCUT2D eigenvalue weighted by Gasteiger charge is 2.21. The molecule has 2 heterocycles. The van der Waals surface area contributed by atoms with Crippen LogP contribution >= 0.6 is 0 Å². The minimum Gasteiger partial charge on any atom is -0.356 e. The molecule has 1 aromatic rings. The predicted molar refractivity (Wildman–Crippen MR) is 77.5 cm³/mol. The first-order valence-electron chi connectivity index (χ1n) is 7.27. The van der Waals surface area contributed by atoms with Gasteiger partial charge in [0.25, 0.3) is 5.91 Å². The van der Waals surface area contributed by atoms with Crippen LogP contribution in [0.1, 0.15) is 49.9 Å². The van der Waals surface area contributed by atoms with Crippen LogP contribution in [0.2, 0.25) is 0 Å². The molecule has 1 aromatic heterocycles. The molecule has 4 heteroatoms. The molecule has 0 bridgehead atoms. The first-order chi connectivity index (χ1) is 9.26. The zero-order chi connectivity index (χ0) is 13.7. The van der Waals surface area contributed by atoms with Crippen LogP contribution in [0.4, 0.5) is 5.82 Å². The lowest BCUT2D eigenvalue weighted by Crippen LogP contribution is -2.35. The number of hydrogen-bond donors (Lipinski definition) is 1. The number of nitrogens with one attached hydrogen (secondary N) is 1. The monoisotopic (exact) mass is 261 g/mol. The van der Waals surface area contributed by atoms with Crippen molar-refractivity contribution in [2.24, 2.45) is 0 Å². The number of aromatic nitrogens is 1. The molecular formula is C15H23N3O. The van der Waals surface area contributed by atoms with E-state index in [1.807, 2.05) is 12.1 Å². The zero-order valence-electron chi connectivity index (χ0n) is 11.9. The average Bonchev–Trinajstić information content (AvgIpc) is 2.98. The van der Waals surface area contributed by atoms with Crippen LogP contribution in [0.15, 0.2) is 18.3 Å². The molecule has 1 saturated heterocycles. The van der Waals surface area contributed by atoms with E-state index in [-0.39, 0.29) is 11.9 Å². The van der Waals surface area contributed by atoms with Crippen LogP contribution in [-0.4, -0.2) is 30.0 Å². The maximum Gasteiger partial charge on any atom is 0.255 e. The first kappa shape index (κ1) is 13.8. The molecule has 0 spiro atoms. The van der Waals surface area contributed by atoms with Gasteiger partial charge in [-0.25, -0.2) is 4.98 Å². The van der Waals surface area contributed by atoms with Crippen molar-refractivity contribution in [3.05, 3.63) is 23.9 Å². The Kier molecular flexibility index (Phi) is 4.77. The molecule has 1 fully saturated rings. The van der Waals surface area contributed by atoms with E-state index < -0.39 is 0 Å². The Labute approximate surface area is 115 Å². The number of rotatable bonds is 5. The number of anilines is 1. The fraction of sp³-hybridized carbons (Fsp3) is 0.600. The fourth-order valence-electron chi connectivity index (χ4n) is 2.51. The van der Waals surface area contributed by atoms with Crippen LogP contribution in [0.25, 0.3) is 0 Å². The highest BCUT2D eigenvalue weighted by molar-refractivity contribution is 5.99. The van der Waals surface area contributed by atoms with Gasteiger partial charge in [0, 0.05) is 25.3 Å². The summed E-state index contributed by atoms with van der Waals surface area (Å²) < 4.78 is 0. The van der Waals surface area contributed by atoms with Gasteiger partial charge in [-0.05, 0) is 37.8 Å². The van der Waals surface area contributed by atoms with Crippen molar-refractivity contribution in [2.75, 3.05) is 18.0 Å². The molecule has 1 N–H and O–H groups in total. The van der Waals surface area contributed by atoms with E-state index >= 15 is 0 Å². The summed E-state index contributed by atoms with van der Waals surface area (Å²) >= 11 is 0. The third kappa shape index (κ3) is 3.25. The maximum atomic E-state index is 12.4. The Morgan fingerprint density at radius 1 is 1.37 bits per heavy atom. The minimum absolute atomic E-state index is 0.00343. The Morgan fingerprint density at radius 3 is 2.68 bits per heavy atom. The number of amides is 1. The molecule has 0 atom stereocenters. The van der Waals surface area contributed by atoms with Crippen molar-refractivity contribution in [1.29, 1.82) is 0 Å². The van der Waals surface area contributed by atoms with Crippen molar-refractivity contribution >= 4 is 11.7 Å². The summed E-state index contributed by atoms with van der Waals surface area (Å²) in [6.45, 7) is 6.20. The first-order valence-corrected chi connectivity index (χ1v) is 7.27. The van der Waals surface area contributed by atoms with Gasteiger partial charge >= 0.3 is 0 Å². The van der Waals surface area contributed by atoms with E-state index in [1.165, 1.54) is 12.8 Å². The van der Waals surface area contributed by atoms with Crippen LogP contribution in [0.5, 0.6) is 0 Å². The lowest BCUT2D eigenvalue weighted by atomic mass is 10.1. The summed E-state index contributed by atoms with van der Waals surface area (Å²) in [6, 6.07) is 3.96. The second-order valence-corrected chi connectivity index (χ2v) is 5.06. The van der Waals surface area contributed by atoms with E-state index in [0.29, 0.717) is 5.56 Å². The van der Waals surface area contributed by atoms with E-state index in [1.54, 1.807) is 6.20 Å². The number of pyridine rings is 1. The second-order valence-electron chi connectivity index (χ2n) is 5.06. The molecule has 104 valence electrons. The molecule has 4 nitrogen and oxygen atoms in total. The Balaban J connectivity index is 2.16. The normalized spacial score (nSPS) is 15.0. The second kappa shape index (κ2) is 6.55. The molecule has 19 heavy (non-hydrogen) atoms. The van der Waals surface area contributed by atoms with E-state index in [0.717, 1.165) is 31.7 Å². The summed E-state index contributed by atoms with van der Waals surface area (Å²) in [5.74, 6) is 0.840. The van der Waals surface area contributed by atoms with Crippen molar-refractivity contribution in [2.45, 2.75) is 45.6 Å². The van der Waals surface area contributed by atoms with Crippen LogP contribution in [0.3, 0.4) is 0 Å². The number of carbonyl (C=O) groups excluding carboxylic acids is 1. The van der Waals surface area contributed by atoms with Gasteiger partial charge in [-0.2, -0.15) is 0 Å². The van der Waals surface area contributed by atoms with Crippen LogP contribution in [0, 0.1) is 0 Å². The van der Waals surface area contributed by atoms with Gasteiger partial charge in [0.1, 0.15) is 5.82 Å². The molecule has 1 aliphatic heterocycles. The predicted octanol–water partition coefficient (Wildman–Crippen LogP) is 2.60. The lowest BCUT2D eigenvalue weighted by molar-refractivity contribution is 0.0935. The summed E-state index contributed by atoms with van der Waals surface area (Å²) in [5.41, 5.74) is 0.705. The molecule has 2 rings (SSSR count). The summed E-state index contributed by atoms with van der Waals surface area (Å²) in [5, 5.41) is 3.09. The van der Waals surface area contributed by atoms with E-state index in [2.05, 4.69) is 29.0 Å². The quantitative estimate of drug-likeness (QED) is 0.886. The summed E-state index contributed by atoms with van der Waals surface area (Å²) in [7, 11) is 0. The van der Waals surface area contributed by atoms with E-state index in [9.17, 15) is 4.79 Å². The van der Waals surface area contributed by atoms with Gasteiger partial charge in [-0.3, -0.25) is 4.79 Å². The molecule has 0 aromatic carbocycles. The summed E-state index contributed by atoms with van der Waals surface area (Å²) in [6.07, 6.45) is 6.05. The van der Waals surface area contributed by atoms with Gasteiger partial charge in [0.05, 0.1) is 5.56 Å². The topological polar surface area (TPSA) is 45.2 Å². The van der Waals surface area contributed by atoms with Crippen molar-refractivity contribution < 1.29 is 4.79 Å². The highest BCUT2D eigenvalue weighted by Crippen LogP contribution is 2.22. The van der Waals surface area contributed by atoms with Crippen LogP contribution in [-0.2, 0) is 0 Å². The van der Waals surface area contributed by atoms with Gasteiger partial charge in [-0.1, -0.05) is 13.8 Å². The van der Waals surface area contributed by atoms with Crippen LogP contribution < -0.4 is 10.2 Å². The third-order valence-electron chi connectivity index (χ3n) is 3.76.